The highest BCUT2D eigenvalue weighted by atomic mass is 35.5. The maximum absolute atomic E-state index is 11.2. The minimum atomic E-state index is -0.932. The maximum Gasteiger partial charge on any atom is 0.231 e. The molecule has 0 aliphatic rings. The molecule has 0 radical (unpaired) electrons. The van der Waals surface area contributed by atoms with Gasteiger partial charge in [-0.15, -0.1) is 0 Å². The van der Waals surface area contributed by atoms with Gasteiger partial charge in [0.2, 0.25) is 11.2 Å². The monoisotopic (exact) mass is 316 g/mol. The van der Waals surface area contributed by atoms with Crippen molar-refractivity contribution in [1.82, 2.24) is 15.0 Å². The lowest BCUT2D eigenvalue weighted by atomic mass is 10.2. The molecule has 0 unspecified atom stereocenters. The molecule has 0 saturated heterocycles. The van der Waals surface area contributed by atoms with Gasteiger partial charge in [-0.25, -0.2) is 9.97 Å². The average Bonchev–Trinajstić information content (AvgIpc) is 2.26. The summed E-state index contributed by atoms with van der Waals surface area (Å²) in [5, 5.41) is 3.62. The van der Waals surface area contributed by atoms with Gasteiger partial charge in [0.15, 0.2) is 0 Å². The highest BCUT2D eigenvalue weighted by Crippen LogP contribution is 2.22. The highest BCUT2D eigenvalue weighted by molar-refractivity contribution is 7.83. The van der Waals surface area contributed by atoms with Crippen molar-refractivity contribution in [3.63, 3.8) is 0 Å². The second-order valence-electron chi connectivity index (χ2n) is 3.77. The molecule has 0 bridgehead atoms. The molecular weight excluding hydrogens is 307 g/mol. The first kappa shape index (κ1) is 14.2. The van der Waals surface area contributed by atoms with Crippen LogP contribution in [0.15, 0.2) is 24.5 Å². The molecule has 0 aliphatic heterocycles. The zero-order chi connectivity index (χ0) is 13.8. The third-order valence-electron chi connectivity index (χ3n) is 2.13. The van der Waals surface area contributed by atoms with E-state index in [0.29, 0.717) is 22.4 Å². The molecule has 1 heterocycles. The van der Waals surface area contributed by atoms with Crippen LogP contribution in [0.5, 0.6) is 0 Å². The fraction of sp³-hybridized carbons (Fsp3) is 0.182. The normalized spacial score (nSPS) is 12.2. The van der Waals surface area contributed by atoms with Crippen LogP contribution in [0.2, 0.25) is 10.3 Å². The van der Waals surface area contributed by atoms with Crippen LogP contribution in [0.4, 0.5) is 11.6 Å². The number of anilines is 2. The lowest BCUT2D eigenvalue weighted by Crippen LogP contribution is -1.99. The van der Waals surface area contributed by atoms with Crippen LogP contribution in [0, 0.1) is 0 Å². The lowest BCUT2D eigenvalue weighted by Gasteiger charge is -2.07. The summed E-state index contributed by atoms with van der Waals surface area (Å²) in [7, 11) is -0.932. The Morgan fingerprint density at radius 2 is 2.05 bits per heavy atom. The molecule has 100 valence electrons. The van der Waals surface area contributed by atoms with Crippen LogP contribution in [0.25, 0.3) is 0 Å². The summed E-state index contributed by atoms with van der Waals surface area (Å²) >= 11 is 11.7. The molecule has 2 aromatic rings. The molecule has 0 aliphatic carbocycles. The van der Waals surface area contributed by atoms with E-state index in [2.05, 4.69) is 20.3 Å². The third kappa shape index (κ3) is 4.41. The highest BCUT2D eigenvalue weighted by Gasteiger charge is 2.04. The number of halogens is 2. The Bertz CT molecular complexity index is 623. The molecule has 0 spiro atoms. The van der Waals surface area contributed by atoms with Gasteiger partial charge < -0.3 is 5.32 Å². The van der Waals surface area contributed by atoms with Gasteiger partial charge in [-0.2, -0.15) is 4.98 Å². The fourth-order valence-electron chi connectivity index (χ4n) is 1.51. The SMILES string of the molecule is C[S@@](=O)Cc1cc(Cl)cc(Nc2ncnc(Cl)n2)c1. The molecule has 0 fully saturated rings. The van der Waals surface area contributed by atoms with E-state index in [-0.39, 0.29) is 5.28 Å². The van der Waals surface area contributed by atoms with Crippen LogP contribution in [0.1, 0.15) is 5.56 Å². The number of hydrogen-bond acceptors (Lipinski definition) is 5. The fourth-order valence-corrected chi connectivity index (χ4v) is 2.52. The van der Waals surface area contributed by atoms with Gasteiger partial charge in [0.05, 0.1) is 0 Å². The van der Waals surface area contributed by atoms with E-state index in [1.165, 1.54) is 6.33 Å². The minimum absolute atomic E-state index is 0.106. The number of rotatable bonds is 4. The minimum Gasteiger partial charge on any atom is -0.324 e. The smallest absolute Gasteiger partial charge is 0.231 e. The van der Waals surface area contributed by atoms with E-state index >= 15 is 0 Å². The van der Waals surface area contributed by atoms with Crippen LogP contribution >= 0.6 is 23.2 Å². The molecule has 2 rings (SSSR count). The molecule has 1 N–H and O–H groups in total. The van der Waals surface area contributed by atoms with Crippen molar-refractivity contribution in [3.05, 3.63) is 40.4 Å². The van der Waals surface area contributed by atoms with Gasteiger partial charge in [0.1, 0.15) is 6.33 Å². The zero-order valence-electron chi connectivity index (χ0n) is 9.93. The summed E-state index contributed by atoms with van der Waals surface area (Å²) in [6.07, 6.45) is 2.95. The van der Waals surface area contributed by atoms with Crippen LogP contribution < -0.4 is 5.32 Å². The Morgan fingerprint density at radius 3 is 2.74 bits per heavy atom. The van der Waals surface area contributed by atoms with Crippen molar-refractivity contribution in [3.8, 4) is 0 Å². The Hall–Kier alpha value is -1.24. The molecule has 19 heavy (non-hydrogen) atoms. The molecule has 1 atom stereocenters. The van der Waals surface area contributed by atoms with Crippen LogP contribution in [0.3, 0.4) is 0 Å². The molecule has 1 aromatic carbocycles. The molecule has 0 saturated carbocycles. The maximum atomic E-state index is 11.2. The summed E-state index contributed by atoms with van der Waals surface area (Å²) < 4.78 is 11.2. The second-order valence-corrected chi connectivity index (χ2v) is 5.98. The van der Waals surface area contributed by atoms with Gasteiger partial charge in [0, 0.05) is 33.5 Å². The number of nitrogens with one attached hydrogen (secondary N) is 1. The van der Waals surface area contributed by atoms with Gasteiger partial charge in [-0.3, -0.25) is 4.21 Å². The Balaban J connectivity index is 2.24. The van der Waals surface area contributed by atoms with Crippen molar-refractivity contribution in [2.75, 3.05) is 11.6 Å². The summed E-state index contributed by atoms with van der Waals surface area (Å²) in [5.74, 6) is 0.763. The number of aromatic nitrogens is 3. The van der Waals surface area contributed by atoms with Crippen LogP contribution in [-0.4, -0.2) is 25.4 Å². The second kappa shape index (κ2) is 6.27. The Morgan fingerprint density at radius 1 is 1.26 bits per heavy atom. The molecule has 1 aromatic heterocycles. The van der Waals surface area contributed by atoms with Gasteiger partial charge >= 0.3 is 0 Å². The van der Waals surface area contributed by atoms with E-state index in [4.69, 9.17) is 23.2 Å². The van der Waals surface area contributed by atoms with E-state index in [0.717, 1.165) is 5.56 Å². The lowest BCUT2D eigenvalue weighted by molar-refractivity contribution is 0.686. The van der Waals surface area contributed by atoms with Crippen molar-refractivity contribution in [2.45, 2.75) is 5.75 Å². The first-order chi connectivity index (χ1) is 9.02. The average molecular weight is 317 g/mol. The summed E-state index contributed by atoms with van der Waals surface area (Å²) in [6, 6.07) is 5.33. The van der Waals surface area contributed by atoms with Crippen molar-refractivity contribution >= 4 is 45.6 Å². The van der Waals surface area contributed by atoms with E-state index in [1.807, 2.05) is 6.07 Å². The Labute approximate surface area is 122 Å². The van der Waals surface area contributed by atoms with E-state index in [9.17, 15) is 4.21 Å². The zero-order valence-corrected chi connectivity index (χ0v) is 12.3. The van der Waals surface area contributed by atoms with Crippen LogP contribution in [-0.2, 0) is 16.6 Å². The quantitative estimate of drug-likeness (QED) is 0.939. The van der Waals surface area contributed by atoms with Gasteiger partial charge in [-0.1, -0.05) is 11.6 Å². The van der Waals surface area contributed by atoms with Gasteiger partial charge in [-0.05, 0) is 35.4 Å². The molecule has 0 amide bonds. The standard InChI is InChI=1S/C11H10Cl2N4OS/c1-19(18)5-7-2-8(12)4-9(3-7)16-11-15-6-14-10(13)17-11/h2-4,6H,5H2,1H3,(H,14,15,16,17)/t19-/m1/s1. The van der Waals surface area contributed by atoms with Gasteiger partial charge in [0.25, 0.3) is 0 Å². The predicted octanol–water partition coefficient (Wildman–Crippen LogP) is 2.80. The molecule has 5 nitrogen and oxygen atoms in total. The molecule has 8 heteroatoms. The van der Waals surface area contributed by atoms with Crippen molar-refractivity contribution in [2.24, 2.45) is 0 Å². The number of nitrogens with zero attached hydrogens (tertiary/aromatic N) is 3. The number of benzene rings is 1. The molecular formula is C11H10Cl2N4OS. The van der Waals surface area contributed by atoms with E-state index < -0.39 is 10.8 Å². The summed E-state index contributed by atoms with van der Waals surface area (Å²) in [6.45, 7) is 0. The van der Waals surface area contributed by atoms with Crippen molar-refractivity contribution in [1.29, 1.82) is 0 Å². The Kier molecular flexibility index (Phi) is 4.68. The number of hydrogen-bond donors (Lipinski definition) is 1. The van der Waals surface area contributed by atoms with Crippen molar-refractivity contribution < 1.29 is 4.21 Å². The predicted molar refractivity (Wildman–Crippen MR) is 77.3 cm³/mol. The van der Waals surface area contributed by atoms with E-state index in [1.54, 1.807) is 18.4 Å². The third-order valence-corrected chi connectivity index (χ3v) is 3.27. The summed E-state index contributed by atoms with van der Waals surface area (Å²) in [4.78, 5) is 11.5. The largest absolute Gasteiger partial charge is 0.324 e. The first-order valence-electron chi connectivity index (χ1n) is 5.24. The summed E-state index contributed by atoms with van der Waals surface area (Å²) in [5.41, 5.74) is 1.58. The first-order valence-corrected chi connectivity index (χ1v) is 7.72. The topological polar surface area (TPSA) is 67.8 Å².